The summed E-state index contributed by atoms with van der Waals surface area (Å²) in [6.45, 7) is 4.98. The topological polar surface area (TPSA) is 55.6 Å². The summed E-state index contributed by atoms with van der Waals surface area (Å²) in [5.74, 6) is 0.151. The van der Waals surface area contributed by atoms with Gasteiger partial charge in [-0.2, -0.15) is 0 Å². The van der Waals surface area contributed by atoms with Crippen molar-refractivity contribution in [1.82, 2.24) is 4.90 Å². The highest BCUT2D eigenvalue weighted by molar-refractivity contribution is 6.35. The van der Waals surface area contributed by atoms with Gasteiger partial charge in [0.05, 0.1) is 12.5 Å². The van der Waals surface area contributed by atoms with Crippen LogP contribution in [0.5, 0.6) is 0 Å². The zero-order chi connectivity index (χ0) is 19.4. The van der Waals surface area contributed by atoms with Crippen LogP contribution < -0.4 is 5.73 Å². The Morgan fingerprint density at radius 1 is 1.37 bits per heavy atom. The van der Waals surface area contributed by atoms with Crippen LogP contribution in [0.15, 0.2) is 29.8 Å². The van der Waals surface area contributed by atoms with Gasteiger partial charge >= 0.3 is 5.97 Å². The van der Waals surface area contributed by atoms with E-state index in [1.54, 1.807) is 6.07 Å². The molecular weight excluding hydrogens is 383 g/mol. The van der Waals surface area contributed by atoms with Crippen LogP contribution in [-0.2, 0) is 9.53 Å². The van der Waals surface area contributed by atoms with Gasteiger partial charge in [0, 0.05) is 35.1 Å². The molecule has 6 heteroatoms. The zero-order valence-corrected chi connectivity index (χ0v) is 17.3. The fourth-order valence-electron chi connectivity index (χ4n) is 4.22. The summed E-state index contributed by atoms with van der Waals surface area (Å²) in [5.41, 5.74) is 8.93. The number of carbonyl (C=O) groups is 1. The van der Waals surface area contributed by atoms with Crippen LogP contribution in [0.3, 0.4) is 0 Å². The number of hydrogen-bond donors (Lipinski definition) is 1. The second-order valence-electron chi connectivity index (χ2n) is 7.56. The number of esters is 1. The number of piperidine rings is 1. The van der Waals surface area contributed by atoms with Gasteiger partial charge in [-0.25, -0.2) is 0 Å². The van der Waals surface area contributed by atoms with Gasteiger partial charge in [-0.05, 0) is 56.8 Å². The minimum absolute atomic E-state index is 0.00261. The SMILES string of the molecule is CCOC(=O)[C@H]1CCCN(CC2=CC[C@H](c3ccc(Cl)cc3Cl)[C@@H](N)C2)C1. The van der Waals surface area contributed by atoms with Gasteiger partial charge in [-0.1, -0.05) is 40.9 Å². The van der Waals surface area contributed by atoms with Crippen molar-refractivity contribution in [3.63, 3.8) is 0 Å². The lowest BCUT2D eigenvalue weighted by molar-refractivity contribution is -0.149. The van der Waals surface area contributed by atoms with E-state index in [2.05, 4.69) is 11.0 Å². The molecule has 0 saturated carbocycles. The van der Waals surface area contributed by atoms with Crippen molar-refractivity contribution in [3.05, 3.63) is 45.5 Å². The highest BCUT2D eigenvalue weighted by Gasteiger charge is 2.30. The van der Waals surface area contributed by atoms with E-state index >= 15 is 0 Å². The summed E-state index contributed by atoms with van der Waals surface area (Å²) < 4.78 is 5.20. The van der Waals surface area contributed by atoms with Crippen molar-refractivity contribution in [2.75, 3.05) is 26.2 Å². The molecule has 1 fully saturated rings. The smallest absolute Gasteiger partial charge is 0.310 e. The summed E-state index contributed by atoms with van der Waals surface area (Å²) in [6.07, 6.45) is 5.99. The summed E-state index contributed by atoms with van der Waals surface area (Å²) in [5, 5.41) is 1.33. The van der Waals surface area contributed by atoms with Gasteiger partial charge in [0.1, 0.15) is 0 Å². The minimum Gasteiger partial charge on any atom is -0.466 e. The first-order valence-corrected chi connectivity index (χ1v) is 10.5. The Bertz CT molecular complexity index is 707. The van der Waals surface area contributed by atoms with E-state index in [4.69, 9.17) is 33.7 Å². The minimum atomic E-state index is -0.0611. The van der Waals surface area contributed by atoms with Crippen LogP contribution >= 0.6 is 23.2 Å². The Hall–Kier alpha value is -1.07. The maximum atomic E-state index is 12.0. The molecule has 2 aliphatic rings. The number of benzene rings is 1. The van der Waals surface area contributed by atoms with Gasteiger partial charge < -0.3 is 10.5 Å². The van der Waals surface area contributed by atoms with E-state index in [9.17, 15) is 4.79 Å². The molecular formula is C21H28Cl2N2O2. The van der Waals surface area contributed by atoms with Crippen LogP contribution in [0.1, 0.15) is 44.1 Å². The Kier molecular flexibility index (Phi) is 7.21. The number of rotatable bonds is 5. The fraction of sp³-hybridized carbons (Fsp3) is 0.571. The summed E-state index contributed by atoms with van der Waals surface area (Å²) in [7, 11) is 0. The van der Waals surface area contributed by atoms with Crippen LogP contribution in [0, 0.1) is 5.92 Å². The first-order valence-electron chi connectivity index (χ1n) is 9.75. The first kappa shape index (κ1) is 20.7. The molecule has 4 nitrogen and oxygen atoms in total. The maximum absolute atomic E-state index is 12.0. The van der Waals surface area contributed by atoms with Gasteiger partial charge in [-0.15, -0.1) is 0 Å². The number of likely N-dealkylation sites (tertiary alicyclic amines) is 1. The number of ether oxygens (including phenoxy) is 1. The molecule has 2 N–H and O–H groups in total. The Morgan fingerprint density at radius 3 is 2.89 bits per heavy atom. The fourth-order valence-corrected chi connectivity index (χ4v) is 4.77. The van der Waals surface area contributed by atoms with Crippen molar-refractivity contribution in [2.45, 2.75) is 44.6 Å². The second kappa shape index (κ2) is 9.42. The standard InChI is InChI=1S/C21H28Cl2N2O2/c1-2-27-21(26)15-4-3-9-25(13-15)12-14-5-7-18(20(24)10-14)17-8-6-16(22)11-19(17)23/h5-6,8,11,15,18,20H,2-4,7,9-10,12-13,24H2,1H3/t15-,18+,20-/m0/s1. The average Bonchev–Trinajstić information content (AvgIpc) is 2.63. The number of halogens is 2. The number of allylic oxidation sites excluding steroid dienone is 1. The third-order valence-electron chi connectivity index (χ3n) is 5.59. The van der Waals surface area contributed by atoms with Crippen LogP contribution in [0.4, 0.5) is 0 Å². The number of nitrogens with zero attached hydrogens (tertiary/aromatic N) is 1. The Morgan fingerprint density at radius 2 is 2.19 bits per heavy atom. The highest BCUT2D eigenvalue weighted by Crippen LogP contribution is 2.36. The average molecular weight is 411 g/mol. The molecule has 0 amide bonds. The molecule has 1 aliphatic heterocycles. The number of carbonyl (C=O) groups excluding carboxylic acids is 1. The first-order chi connectivity index (χ1) is 13.0. The van der Waals surface area contributed by atoms with Gasteiger partial charge in [-0.3, -0.25) is 9.69 Å². The van der Waals surface area contributed by atoms with Crippen LogP contribution in [-0.4, -0.2) is 43.2 Å². The molecule has 0 bridgehead atoms. The number of hydrogen-bond acceptors (Lipinski definition) is 4. The van der Waals surface area contributed by atoms with E-state index < -0.39 is 0 Å². The Balaban J connectivity index is 1.61. The normalized spacial score (nSPS) is 26.5. The molecule has 0 unspecified atom stereocenters. The van der Waals surface area contributed by atoms with Crippen molar-refractivity contribution in [1.29, 1.82) is 0 Å². The molecule has 1 aromatic carbocycles. The predicted molar refractivity (Wildman–Crippen MR) is 110 cm³/mol. The van der Waals surface area contributed by atoms with E-state index in [-0.39, 0.29) is 23.8 Å². The third-order valence-corrected chi connectivity index (χ3v) is 6.15. The molecule has 0 aromatic heterocycles. The summed E-state index contributed by atoms with van der Waals surface area (Å²) in [4.78, 5) is 14.4. The van der Waals surface area contributed by atoms with E-state index in [0.29, 0.717) is 16.7 Å². The molecule has 0 spiro atoms. The molecule has 1 aliphatic carbocycles. The Labute approximate surface area is 171 Å². The molecule has 1 saturated heterocycles. The van der Waals surface area contributed by atoms with E-state index in [1.807, 2.05) is 19.1 Å². The largest absolute Gasteiger partial charge is 0.466 e. The molecule has 1 heterocycles. The summed E-state index contributed by atoms with van der Waals surface area (Å²) in [6, 6.07) is 5.68. The molecule has 3 rings (SSSR count). The molecule has 0 radical (unpaired) electrons. The molecule has 148 valence electrons. The summed E-state index contributed by atoms with van der Waals surface area (Å²) >= 11 is 12.4. The second-order valence-corrected chi connectivity index (χ2v) is 8.41. The maximum Gasteiger partial charge on any atom is 0.310 e. The van der Waals surface area contributed by atoms with Crippen molar-refractivity contribution in [3.8, 4) is 0 Å². The van der Waals surface area contributed by atoms with Crippen LogP contribution in [0.2, 0.25) is 10.0 Å². The van der Waals surface area contributed by atoms with E-state index in [0.717, 1.165) is 50.9 Å². The molecule has 3 atom stereocenters. The lowest BCUT2D eigenvalue weighted by Crippen LogP contribution is -2.41. The van der Waals surface area contributed by atoms with Crippen molar-refractivity contribution >= 4 is 29.2 Å². The highest BCUT2D eigenvalue weighted by atomic mass is 35.5. The van der Waals surface area contributed by atoms with Crippen molar-refractivity contribution in [2.24, 2.45) is 11.7 Å². The van der Waals surface area contributed by atoms with Gasteiger partial charge in [0.15, 0.2) is 0 Å². The number of nitrogens with two attached hydrogens (primary N) is 1. The third kappa shape index (κ3) is 5.26. The van der Waals surface area contributed by atoms with E-state index in [1.165, 1.54) is 5.57 Å². The zero-order valence-electron chi connectivity index (χ0n) is 15.8. The lowest BCUT2D eigenvalue weighted by Gasteiger charge is -2.35. The predicted octanol–water partition coefficient (Wildman–Crippen LogP) is 4.40. The quantitative estimate of drug-likeness (QED) is 0.577. The van der Waals surface area contributed by atoms with Crippen LogP contribution in [0.25, 0.3) is 0 Å². The lowest BCUT2D eigenvalue weighted by atomic mass is 9.80. The van der Waals surface area contributed by atoms with Gasteiger partial charge in [0.2, 0.25) is 0 Å². The van der Waals surface area contributed by atoms with Gasteiger partial charge in [0.25, 0.3) is 0 Å². The molecule has 1 aromatic rings. The molecule has 27 heavy (non-hydrogen) atoms. The van der Waals surface area contributed by atoms with Crippen molar-refractivity contribution < 1.29 is 9.53 Å². The monoisotopic (exact) mass is 410 g/mol.